The third-order valence-corrected chi connectivity index (χ3v) is 7.38. The van der Waals surface area contributed by atoms with Crippen molar-refractivity contribution in [3.8, 4) is 0 Å². The fourth-order valence-electron chi connectivity index (χ4n) is 2.99. The predicted octanol–water partition coefficient (Wildman–Crippen LogP) is 5.44. The summed E-state index contributed by atoms with van der Waals surface area (Å²) < 4.78 is 27.6. The van der Waals surface area contributed by atoms with Crippen LogP contribution in [0.3, 0.4) is 0 Å². The number of sulfonamides is 1. The van der Waals surface area contributed by atoms with Gasteiger partial charge in [0, 0.05) is 12.2 Å². The van der Waals surface area contributed by atoms with Crippen LogP contribution in [-0.2, 0) is 21.4 Å². The number of nitrogens with zero attached hydrogens (tertiary/aromatic N) is 1. The summed E-state index contributed by atoms with van der Waals surface area (Å²) >= 11 is 12.1. The number of hydrogen-bond acceptors (Lipinski definition) is 3. The minimum absolute atomic E-state index is 0.0333. The Balaban J connectivity index is 1.88. The van der Waals surface area contributed by atoms with Crippen molar-refractivity contribution in [3.05, 3.63) is 93.5 Å². The van der Waals surface area contributed by atoms with Crippen LogP contribution in [0.5, 0.6) is 0 Å². The molecule has 0 aliphatic heterocycles. The van der Waals surface area contributed by atoms with Gasteiger partial charge in [0.05, 0.1) is 21.5 Å². The Kier molecular flexibility index (Phi) is 7.38. The van der Waals surface area contributed by atoms with Gasteiger partial charge in [-0.25, -0.2) is 8.42 Å². The van der Waals surface area contributed by atoms with Gasteiger partial charge < -0.3 is 5.32 Å². The Labute approximate surface area is 192 Å². The second-order valence-electron chi connectivity index (χ2n) is 7.18. The lowest BCUT2D eigenvalue weighted by Gasteiger charge is -2.22. The molecule has 8 heteroatoms. The number of rotatable bonds is 7. The summed E-state index contributed by atoms with van der Waals surface area (Å²) in [5.74, 6) is -0.442. The Bertz CT molecular complexity index is 1200. The normalized spacial score (nSPS) is 11.5. The van der Waals surface area contributed by atoms with E-state index in [4.69, 9.17) is 23.2 Å². The van der Waals surface area contributed by atoms with Gasteiger partial charge >= 0.3 is 0 Å². The van der Waals surface area contributed by atoms with Gasteiger partial charge in [-0.1, -0.05) is 53.5 Å². The van der Waals surface area contributed by atoms with Crippen molar-refractivity contribution in [2.24, 2.45) is 0 Å². The van der Waals surface area contributed by atoms with Crippen LogP contribution >= 0.6 is 23.2 Å². The summed E-state index contributed by atoms with van der Waals surface area (Å²) in [6.45, 7) is 3.53. The van der Waals surface area contributed by atoms with E-state index in [-0.39, 0.29) is 18.0 Å². The highest BCUT2D eigenvalue weighted by Crippen LogP contribution is 2.25. The van der Waals surface area contributed by atoms with Crippen molar-refractivity contribution >= 4 is 44.8 Å². The van der Waals surface area contributed by atoms with Crippen LogP contribution in [0.1, 0.15) is 16.7 Å². The maximum absolute atomic E-state index is 13.3. The van der Waals surface area contributed by atoms with Crippen molar-refractivity contribution in [3.63, 3.8) is 0 Å². The summed E-state index contributed by atoms with van der Waals surface area (Å²) in [7, 11) is -3.93. The molecule has 0 fully saturated rings. The van der Waals surface area contributed by atoms with Crippen LogP contribution < -0.4 is 5.32 Å². The van der Waals surface area contributed by atoms with Crippen LogP contribution in [-0.4, -0.2) is 25.2 Å². The van der Waals surface area contributed by atoms with Gasteiger partial charge in [-0.05, 0) is 66.9 Å². The van der Waals surface area contributed by atoms with E-state index in [1.165, 1.54) is 12.1 Å². The number of benzene rings is 3. The molecule has 0 aromatic heterocycles. The third-order valence-electron chi connectivity index (χ3n) is 4.83. The molecule has 0 saturated carbocycles. The molecule has 3 aromatic carbocycles. The lowest BCUT2D eigenvalue weighted by molar-refractivity contribution is -0.116. The van der Waals surface area contributed by atoms with Crippen molar-refractivity contribution < 1.29 is 13.2 Å². The van der Waals surface area contributed by atoms with Crippen molar-refractivity contribution in [2.45, 2.75) is 25.3 Å². The van der Waals surface area contributed by atoms with Gasteiger partial charge in [-0.15, -0.1) is 0 Å². The molecular formula is C23H22Cl2N2O3S. The second kappa shape index (κ2) is 9.83. The topological polar surface area (TPSA) is 66.5 Å². The van der Waals surface area contributed by atoms with E-state index >= 15 is 0 Å². The summed E-state index contributed by atoms with van der Waals surface area (Å²) in [6, 6.07) is 18.4. The summed E-state index contributed by atoms with van der Waals surface area (Å²) in [4.78, 5) is 12.8. The molecule has 0 heterocycles. The van der Waals surface area contributed by atoms with Crippen molar-refractivity contribution in [1.82, 2.24) is 4.31 Å². The maximum Gasteiger partial charge on any atom is 0.243 e. The molecule has 162 valence electrons. The molecule has 0 saturated heterocycles. The molecule has 0 aliphatic carbocycles. The summed E-state index contributed by atoms with van der Waals surface area (Å²) in [5.41, 5.74) is 3.36. The van der Waals surface area contributed by atoms with Gasteiger partial charge in [-0.3, -0.25) is 4.79 Å². The first-order chi connectivity index (χ1) is 14.7. The first-order valence-electron chi connectivity index (χ1n) is 9.53. The fourth-order valence-corrected chi connectivity index (χ4v) is 4.72. The van der Waals surface area contributed by atoms with E-state index in [2.05, 4.69) is 5.32 Å². The lowest BCUT2D eigenvalue weighted by atomic mass is 10.1. The van der Waals surface area contributed by atoms with E-state index in [1.807, 2.05) is 26.0 Å². The van der Waals surface area contributed by atoms with E-state index in [0.29, 0.717) is 21.3 Å². The molecule has 0 unspecified atom stereocenters. The van der Waals surface area contributed by atoms with Crippen molar-refractivity contribution in [2.75, 3.05) is 11.9 Å². The number of aryl methyl sites for hydroxylation is 2. The van der Waals surface area contributed by atoms with Gasteiger partial charge in [0.25, 0.3) is 0 Å². The summed E-state index contributed by atoms with van der Waals surface area (Å²) in [6.07, 6.45) is 0. The quantitative estimate of drug-likeness (QED) is 0.493. The number of halogens is 2. The predicted molar refractivity (Wildman–Crippen MR) is 125 cm³/mol. The minimum Gasteiger partial charge on any atom is -0.325 e. The Morgan fingerprint density at radius 1 is 0.903 bits per heavy atom. The van der Waals surface area contributed by atoms with E-state index in [1.54, 1.807) is 42.5 Å². The van der Waals surface area contributed by atoms with Crippen LogP contribution in [0.25, 0.3) is 0 Å². The third kappa shape index (κ3) is 5.86. The highest BCUT2D eigenvalue weighted by molar-refractivity contribution is 7.89. The van der Waals surface area contributed by atoms with Crippen LogP contribution in [0, 0.1) is 13.8 Å². The zero-order valence-electron chi connectivity index (χ0n) is 17.1. The molecule has 0 radical (unpaired) electrons. The Hall–Kier alpha value is -2.38. The van der Waals surface area contributed by atoms with Gasteiger partial charge in [0.1, 0.15) is 0 Å². The molecular weight excluding hydrogens is 455 g/mol. The zero-order chi connectivity index (χ0) is 22.6. The molecule has 1 N–H and O–H groups in total. The summed E-state index contributed by atoms with van der Waals surface area (Å²) in [5, 5.41) is 3.46. The molecule has 31 heavy (non-hydrogen) atoms. The van der Waals surface area contributed by atoms with Gasteiger partial charge in [0.2, 0.25) is 15.9 Å². The van der Waals surface area contributed by atoms with Crippen LogP contribution in [0.4, 0.5) is 5.69 Å². The molecule has 1 amide bonds. The average Bonchev–Trinajstić information content (AvgIpc) is 2.73. The Morgan fingerprint density at radius 3 is 2.26 bits per heavy atom. The zero-order valence-corrected chi connectivity index (χ0v) is 19.4. The van der Waals surface area contributed by atoms with Gasteiger partial charge in [-0.2, -0.15) is 4.31 Å². The number of anilines is 1. The highest BCUT2D eigenvalue weighted by atomic mass is 35.5. The first-order valence-corrected chi connectivity index (χ1v) is 11.7. The van der Waals surface area contributed by atoms with E-state index < -0.39 is 15.9 Å². The number of hydrogen-bond donors (Lipinski definition) is 1. The Morgan fingerprint density at radius 2 is 1.61 bits per heavy atom. The minimum atomic E-state index is -3.93. The highest BCUT2D eigenvalue weighted by Gasteiger charge is 2.27. The SMILES string of the molecule is Cc1ccc(NC(=O)CN(Cc2ccc(Cl)c(Cl)c2)S(=O)(=O)c2ccccc2)cc1C. The van der Waals surface area contributed by atoms with Crippen LogP contribution in [0.2, 0.25) is 10.0 Å². The monoisotopic (exact) mass is 476 g/mol. The number of carbonyl (C=O) groups excluding carboxylic acids is 1. The molecule has 0 atom stereocenters. The average molecular weight is 477 g/mol. The molecule has 0 aliphatic rings. The number of nitrogens with one attached hydrogen (secondary N) is 1. The number of amides is 1. The standard InChI is InChI=1S/C23H22Cl2N2O3S/c1-16-8-10-19(12-17(16)2)26-23(28)15-27(14-18-9-11-21(24)22(25)13-18)31(29,30)20-6-4-3-5-7-20/h3-13H,14-15H2,1-2H3,(H,26,28). The van der Waals surface area contributed by atoms with Crippen LogP contribution in [0.15, 0.2) is 71.6 Å². The molecule has 0 bridgehead atoms. The van der Waals surface area contributed by atoms with E-state index in [0.717, 1.165) is 15.4 Å². The lowest BCUT2D eigenvalue weighted by Crippen LogP contribution is -2.37. The second-order valence-corrected chi connectivity index (χ2v) is 9.93. The van der Waals surface area contributed by atoms with Gasteiger partial charge in [0.15, 0.2) is 0 Å². The largest absolute Gasteiger partial charge is 0.325 e. The van der Waals surface area contributed by atoms with Crippen molar-refractivity contribution in [1.29, 1.82) is 0 Å². The first kappa shape index (κ1) is 23.3. The van der Waals surface area contributed by atoms with E-state index in [9.17, 15) is 13.2 Å². The molecule has 5 nitrogen and oxygen atoms in total. The smallest absolute Gasteiger partial charge is 0.243 e. The molecule has 0 spiro atoms. The fraction of sp³-hybridized carbons (Fsp3) is 0.174. The molecule has 3 aromatic rings. The maximum atomic E-state index is 13.3. The molecule has 3 rings (SSSR count). The number of carbonyl (C=O) groups is 1.